The largest absolute Gasteiger partial charge is 0.480 e. The van der Waals surface area contributed by atoms with Gasteiger partial charge in [-0.1, -0.05) is 35.4 Å². The van der Waals surface area contributed by atoms with Crippen LogP contribution in [0.4, 0.5) is 0 Å². The van der Waals surface area contributed by atoms with Gasteiger partial charge in [-0.2, -0.15) is 0 Å². The minimum atomic E-state index is -1.64. The maximum Gasteiger partial charge on any atom is 0.373 e. The van der Waals surface area contributed by atoms with E-state index in [1.807, 2.05) is 30.3 Å². The topological polar surface area (TPSA) is 160 Å². The van der Waals surface area contributed by atoms with Crippen molar-refractivity contribution < 1.29 is 38.7 Å². The summed E-state index contributed by atoms with van der Waals surface area (Å²) in [5, 5.41) is 24.5. The highest BCUT2D eigenvalue weighted by atomic mass is 16.6. The van der Waals surface area contributed by atoms with E-state index in [4.69, 9.17) is 19.7 Å². The molecule has 1 aliphatic rings. The van der Waals surface area contributed by atoms with Crippen LogP contribution in [0.1, 0.15) is 12.5 Å². The molecular weight excluding hydrogens is 398 g/mol. The van der Waals surface area contributed by atoms with Gasteiger partial charge in [-0.05, 0) is 11.1 Å². The Morgan fingerprint density at radius 2 is 2.00 bits per heavy atom. The van der Waals surface area contributed by atoms with Crippen molar-refractivity contribution in [1.29, 1.82) is 0 Å². The molecule has 0 aliphatic carbocycles. The zero-order valence-corrected chi connectivity index (χ0v) is 16.5. The standard InChI is InChI=1S/C19H23N3O8/c1-11(23)29-14-8-15(19(26)27-2)30-18(16(14)21-22-20)17(25)13(24)10-28-9-12-6-4-3-5-7-12/h3-8,13-14,16-18,24-25H,9-10H2,1-2H3/t13-,14+,16-,17-,18-/m1/s1. The minimum Gasteiger partial charge on any atom is -0.480 e. The summed E-state index contributed by atoms with van der Waals surface area (Å²) in [5.74, 6) is -1.95. The molecule has 5 atom stereocenters. The number of carbonyl (C=O) groups excluding carboxylic acids is 2. The van der Waals surface area contributed by atoms with Gasteiger partial charge in [0.05, 0.1) is 20.3 Å². The Kier molecular flexibility index (Phi) is 8.63. The fourth-order valence-electron chi connectivity index (χ4n) is 2.85. The van der Waals surface area contributed by atoms with Crippen molar-refractivity contribution in [2.45, 2.75) is 44.0 Å². The van der Waals surface area contributed by atoms with Gasteiger partial charge in [0, 0.05) is 17.9 Å². The van der Waals surface area contributed by atoms with E-state index in [9.17, 15) is 19.8 Å². The lowest BCUT2D eigenvalue weighted by Crippen LogP contribution is -2.53. The monoisotopic (exact) mass is 421 g/mol. The molecule has 11 heteroatoms. The third kappa shape index (κ3) is 6.19. The predicted molar refractivity (Wildman–Crippen MR) is 102 cm³/mol. The second-order valence-electron chi connectivity index (χ2n) is 6.43. The second-order valence-corrected chi connectivity index (χ2v) is 6.43. The van der Waals surface area contributed by atoms with Gasteiger partial charge in [0.15, 0.2) is 0 Å². The second kappa shape index (κ2) is 11.2. The van der Waals surface area contributed by atoms with Gasteiger partial charge < -0.3 is 29.2 Å². The average molecular weight is 421 g/mol. The van der Waals surface area contributed by atoms with Crippen LogP contribution in [-0.2, 0) is 35.1 Å². The zero-order chi connectivity index (χ0) is 22.1. The number of aliphatic hydroxyl groups is 2. The Bertz CT molecular complexity index is 809. The molecule has 2 rings (SSSR count). The maximum absolute atomic E-state index is 11.9. The van der Waals surface area contributed by atoms with E-state index in [0.717, 1.165) is 25.7 Å². The molecule has 0 fully saturated rings. The number of benzene rings is 1. The maximum atomic E-state index is 11.9. The predicted octanol–water partition coefficient (Wildman–Crippen LogP) is 0.991. The number of ether oxygens (including phenoxy) is 4. The van der Waals surface area contributed by atoms with Crippen LogP contribution in [0.15, 0.2) is 47.3 Å². The molecule has 1 aliphatic heterocycles. The van der Waals surface area contributed by atoms with Gasteiger partial charge in [0.25, 0.3) is 0 Å². The number of azide groups is 1. The minimum absolute atomic E-state index is 0.194. The van der Waals surface area contributed by atoms with Crippen molar-refractivity contribution in [2.75, 3.05) is 13.7 Å². The Morgan fingerprint density at radius 3 is 2.60 bits per heavy atom. The van der Waals surface area contributed by atoms with E-state index in [0.29, 0.717) is 0 Å². The molecule has 0 saturated carbocycles. The number of carbonyl (C=O) groups is 2. The molecule has 11 nitrogen and oxygen atoms in total. The number of aliphatic hydroxyl groups excluding tert-OH is 2. The molecule has 0 bridgehead atoms. The number of rotatable bonds is 9. The van der Waals surface area contributed by atoms with E-state index < -0.39 is 42.4 Å². The van der Waals surface area contributed by atoms with E-state index in [1.54, 1.807) is 0 Å². The summed E-state index contributed by atoms with van der Waals surface area (Å²) in [6.45, 7) is 1.06. The average Bonchev–Trinajstić information content (AvgIpc) is 2.74. The summed E-state index contributed by atoms with van der Waals surface area (Å²) in [7, 11) is 1.12. The van der Waals surface area contributed by atoms with Crippen molar-refractivity contribution in [3.8, 4) is 0 Å². The number of esters is 2. The van der Waals surface area contributed by atoms with Crippen LogP contribution in [0, 0.1) is 0 Å². The lowest BCUT2D eigenvalue weighted by molar-refractivity contribution is -0.160. The number of methoxy groups -OCH3 is 1. The number of nitrogens with zero attached hydrogens (tertiary/aromatic N) is 3. The van der Waals surface area contributed by atoms with E-state index in [2.05, 4.69) is 14.8 Å². The molecule has 1 aromatic rings. The summed E-state index contributed by atoms with van der Waals surface area (Å²) in [4.78, 5) is 26.0. The third-order valence-corrected chi connectivity index (χ3v) is 4.26. The highest BCUT2D eigenvalue weighted by molar-refractivity contribution is 5.86. The van der Waals surface area contributed by atoms with E-state index in [1.165, 1.54) is 0 Å². The number of hydrogen-bond donors (Lipinski definition) is 2. The van der Waals surface area contributed by atoms with Crippen LogP contribution in [0.3, 0.4) is 0 Å². The molecular formula is C19H23N3O8. The van der Waals surface area contributed by atoms with Crippen molar-refractivity contribution in [2.24, 2.45) is 5.11 Å². The van der Waals surface area contributed by atoms with Crippen LogP contribution in [-0.4, -0.2) is 66.3 Å². The Hall–Kier alpha value is -3.11. The van der Waals surface area contributed by atoms with Gasteiger partial charge in [-0.15, -0.1) is 0 Å². The van der Waals surface area contributed by atoms with E-state index in [-0.39, 0.29) is 19.0 Å². The summed E-state index contributed by atoms with van der Waals surface area (Å²) in [5.41, 5.74) is 9.75. The molecule has 0 amide bonds. The summed E-state index contributed by atoms with van der Waals surface area (Å²) < 4.78 is 20.5. The van der Waals surface area contributed by atoms with Crippen LogP contribution in [0.25, 0.3) is 10.4 Å². The lowest BCUT2D eigenvalue weighted by atomic mass is 9.94. The molecule has 1 heterocycles. The van der Waals surface area contributed by atoms with E-state index >= 15 is 0 Å². The lowest BCUT2D eigenvalue weighted by Gasteiger charge is -2.37. The summed E-state index contributed by atoms with van der Waals surface area (Å²) in [6, 6.07) is 7.94. The first-order chi connectivity index (χ1) is 14.4. The Balaban J connectivity index is 2.15. The molecule has 30 heavy (non-hydrogen) atoms. The molecule has 0 aromatic heterocycles. The molecule has 0 unspecified atom stereocenters. The fraction of sp³-hybridized carbons (Fsp3) is 0.474. The van der Waals surface area contributed by atoms with Crippen molar-refractivity contribution in [3.63, 3.8) is 0 Å². The van der Waals surface area contributed by atoms with Gasteiger partial charge >= 0.3 is 11.9 Å². The normalized spacial score (nSPS) is 22.5. The van der Waals surface area contributed by atoms with Gasteiger partial charge in [0.1, 0.15) is 30.5 Å². The molecule has 162 valence electrons. The molecule has 0 saturated heterocycles. The van der Waals surface area contributed by atoms with Gasteiger partial charge in [-0.25, -0.2) is 4.79 Å². The summed E-state index contributed by atoms with van der Waals surface area (Å²) >= 11 is 0. The first kappa shape index (κ1) is 23.2. The van der Waals surface area contributed by atoms with Crippen LogP contribution in [0.2, 0.25) is 0 Å². The first-order valence-electron chi connectivity index (χ1n) is 9.03. The fourth-order valence-corrected chi connectivity index (χ4v) is 2.85. The molecule has 0 spiro atoms. The highest BCUT2D eigenvalue weighted by Gasteiger charge is 2.44. The SMILES string of the molecule is COC(=O)C1=C[C@H](OC(C)=O)[C@@H](N=[N+]=[N-])[C@H]([C@H](O)[C@H](O)COCc2ccccc2)O1. The Morgan fingerprint density at radius 1 is 1.30 bits per heavy atom. The van der Waals surface area contributed by atoms with Crippen molar-refractivity contribution in [3.05, 3.63) is 58.2 Å². The molecule has 0 radical (unpaired) electrons. The van der Waals surface area contributed by atoms with Gasteiger partial charge in [-0.3, -0.25) is 4.79 Å². The molecule has 2 N–H and O–H groups in total. The van der Waals surface area contributed by atoms with Crippen molar-refractivity contribution in [1.82, 2.24) is 0 Å². The Labute approximate surface area is 172 Å². The van der Waals surface area contributed by atoms with Crippen LogP contribution < -0.4 is 0 Å². The zero-order valence-electron chi connectivity index (χ0n) is 16.5. The summed E-state index contributed by atoms with van der Waals surface area (Å²) in [6.07, 6.45) is -4.58. The molecule has 1 aromatic carbocycles. The third-order valence-electron chi connectivity index (χ3n) is 4.26. The highest BCUT2D eigenvalue weighted by Crippen LogP contribution is 2.27. The van der Waals surface area contributed by atoms with Crippen LogP contribution >= 0.6 is 0 Å². The smallest absolute Gasteiger partial charge is 0.373 e. The van der Waals surface area contributed by atoms with Gasteiger partial charge in [0.2, 0.25) is 5.76 Å². The van der Waals surface area contributed by atoms with Crippen LogP contribution in [0.5, 0.6) is 0 Å². The van der Waals surface area contributed by atoms with Crippen molar-refractivity contribution >= 4 is 11.9 Å². The quantitative estimate of drug-likeness (QED) is 0.258. The first-order valence-corrected chi connectivity index (χ1v) is 9.03. The number of hydrogen-bond acceptors (Lipinski definition) is 9.